The van der Waals surface area contributed by atoms with Crippen molar-refractivity contribution in [3.63, 3.8) is 0 Å². The van der Waals surface area contributed by atoms with E-state index in [0.29, 0.717) is 0 Å². The first-order valence-corrected chi connectivity index (χ1v) is 4.17. The summed E-state index contributed by atoms with van der Waals surface area (Å²) in [4.78, 5) is 11.1. The minimum atomic E-state index is -1.15. The first-order chi connectivity index (χ1) is 6.07. The molecule has 68 valence electrons. The van der Waals surface area contributed by atoms with E-state index in [1.165, 1.54) is 6.07 Å². The Hall–Kier alpha value is -1.03. The fourth-order valence-corrected chi connectivity index (χ4v) is 1.36. The van der Waals surface area contributed by atoms with Crippen LogP contribution in [0, 0.1) is 11.6 Å². The molecule has 0 fully saturated rings. The molecule has 0 atom stereocenters. The molecule has 1 rings (SSSR count). The average Bonchev–Trinajstić information content (AvgIpc) is 2.12. The second-order valence-electron chi connectivity index (χ2n) is 2.29. The average molecular weight is 247 g/mol. The van der Waals surface area contributed by atoms with E-state index >= 15 is 0 Å². The fourth-order valence-electron chi connectivity index (χ4n) is 0.855. The van der Waals surface area contributed by atoms with Crippen molar-refractivity contribution < 1.29 is 13.6 Å². The number of ketones is 1. The lowest BCUT2D eigenvalue weighted by atomic mass is 10.1. The van der Waals surface area contributed by atoms with E-state index in [1.54, 1.807) is 0 Å². The Morgan fingerprint density at radius 3 is 2.62 bits per heavy atom. The molecule has 0 unspecified atom stereocenters. The fraction of sp³-hybridized carbons (Fsp3) is 0. The van der Waals surface area contributed by atoms with E-state index in [1.807, 2.05) is 0 Å². The maximum absolute atomic E-state index is 13.0. The monoisotopic (exact) mass is 246 g/mol. The van der Waals surface area contributed by atoms with Gasteiger partial charge in [-0.1, -0.05) is 6.58 Å². The number of hydrogen-bond acceptors (Lipinski definition) is 1. The highest BCUT2D eigenvalue weighted by atomic mass is 79.9. The lowest BCUT2D eigenvalue weighted by molar-refractivity contribution is 0.104. The Bertz CT molecular complexity index is 374. The van der Waals surface area contributed by atoms with Crippen LogP contribution in [-0.2, 0) is 0 Å². The highest BCUT2D eigenvalue weighted by molar-refractivity contribution is 9.10. The van der Waals surface area contributed by atoms with Gasteiger partial charge in [-0.2, -0.15) is 0 Å². The molecule has 0 radical (unpaired) electrons. The normalized spacial score (nSPS) is 9.77. The third-order valence-electron chi connectivity index (χ3n) is 1.48. The van der Waals surface area contributed by atoms with Crippen LogP contribution >= 0.6 is 15.9 Å². The van der Waals surface area contributed by atoms with Gasteiger partial charge in [0.05, 0.1) is 5.56 Å². The molecule has 0 spiro atoms. The molecule has 1 nitrogen and oxygen atoms in total. The van der Waals surface area contributed by atoms with Crippen molar-refractivity contribution >= 4 is 21.7 Å². The summed E-state index contributed by atoms with van der Waals surface area (Å²) in [6.07, 6.45) is 0.933. The molecular formula is C9H5BrF2O. The van der Waals surface area contributed by atoms with Gasteiger partial charge in [0, 0.05) is 4.47 Å². The Morgan fingerprint density at radius 1 is 1.46 bits per heavy atom. The zero-order valence-corrected chi connectivity index (χ0v) is 8.07. The van der Waals surface area contributed by atoms with Crippen LogP contribution in [0.15, 0.2) is 29.3 Å². The van der Waals surface area contributed by atoms with E-state index < -0.39 is 17.4 Å². The summed E-state index contributed by atoms with van der Waals surface area (Å²) in [5.74, 6) is -2.85. The Labute approximate surface area is 82.2 Å². The van der Waals surface area contributed by atoms with Gasteiger partial charge >= 0.3 is 0 Å². The van der Waals surface area contributed by atoms with Crippen LogP contribution in [0.1, 0.15) is 10.4 Å². The Kier molecular flexibility index (Phi) is 2.93. The molecule has 0 aliphatic heterocycles. The van der Waals surface area contributed by atoms with Crippen molar-refractivity contribution in [2.24, 2.45) is 0 Å². The molecule has 0 aliphatic carbocycles. The van der Waals surface area contributed by atoms with Crippen molar-refractivity contribution in [2.75, 3.05) is 0 Å². The van der Waals surface area contributed by atoms with Gasteiger partial charge in [-0.3, -0.25) is 4.79 Å². The van der Waals surface area contributed by atoms with Crippen LogP contribution in [0.25, 0.3) is 0 Å². The van der Waals surface area contributed by atoms with Crippen molar-refractivity contribution in [1.82, 2.24) is 0 Å². The quantitative estimate of drug-likeness (QED) is 0.446. The number of carbonyl (C=O) groups excluding carboxylic acids is 1. The minimum absolute atomic E-state index is 0.219. The van der Waals surface area contributed by atoms with Crippen molar-refractivity contribution in [3.05, 3.63) is 46.5 Å². The van der Waals surface area contributed by atoms with Crippen LogP contribution in [0.4, 0.5) is 8.78 Å². The van der Waals surface area contributed by atoms with Gasteiger partial charge < -0.3 is 0 Å². The Morgan fingerprint density at radius 2 is 2.08 bits per heavy atom. The van der Waals surface area contributed by atoms with Crippen molar-refractivity contribution in [1.29, 1.82) is 0 Å². The van der Waals surface area contributed by atoms with E-state index in [4.69, 9.17) is 0 Å². The molecule has 0 bridgehead atoms. The lowest BCUT2D eigenvalue weighted by Gasteiger charge is -2.02. The number of halogens is 3. The predicted molar refractivity (Wildman–Crippen MR) is 48.6 cm³/mol. The molecule has 0 heterocycles. The summed E-state index contributed by atoms with van der Waals surface area (Å²) >= 11 is 2.95. The molecule has 0 N–H and O–H groups in total. The third kappa shape index (κ3) is 1.83. The van der Waals surface area contributed by atoms with E-state index in [2.05, 4.69) is 22.5 Å². The maximum Gasteiger partial charge on any atom is 0.189 e. The molecule has 4 heteroatoms. The zero-order valence-electron chi connectivity index (χ0n) is 6.48. The summed E-state index contributed by atoms with van der Waals surface area (Å²) in [6, 6.07) is 2.22. The van der Waals surface area contributed by atoms with Gasteiger partial charge in [0.1, 0.15) is 0 Å². The standard InChI is InChI=1S/C9H5BrF2O/c1-2-7(13)8-5(10)3-4-6(11)9(8)12/h2-4H,1H2. The van der Waals surface area contributed by atoms with Crippen LogP contribution < -0.4 is 0 Å². The highest BCUT2D eigenvalue weighted by Gasteiger charge is 2.16. The summed E-state index contributed by atoms with van der Waals surface area (Å²) in [5.41, 5.74) is -0.324. The van der Waals surface area contributed by atoms with E-state index in [9.17, 15) is 13.6 Å². The van der Waals surface area contributed by atoms with E-state index in [-0.39, 0.29) is 10.0 Å². The second-order valence-corrected chi connectivity index (χ2v) is 3.14. The smallest absolute Gasteiger partial charge is 0.189 e. The molecule has 0 amide bonds. The first kappa shape index (κ1) is 10.1. The predicted octanol–water partition coefficient (Wildman–Crippen LogP) is 3.10. The number of hydrogen-bond donors (Lipinski definition) is 0. The van der Waals surface area contributed by atoms with Crippen LogP contribution in [-0.4, -0.2) is 5.78 Å². The van der Waals surface area contributed by atoms with Crippen LogP contribution in [0.2, 0.25) is 0 Å². The van der Waals surface area contributed by atoms with Gasteiger partial charge in [0.2, 0.25) is 0 Å². The highest BCUT2D eigenvalue weighted by Crippen LogP contribution is 2.22. The molecular weight excluding hydrogens is 242 g/mol. The Balaban J connectivity index is 3.41. The van der Waals surface area contributed by atoms with Crippen molar-refractivity contribution in [3.8, 4) is 0 Å². The molecule has 0 saturated carbocycles. The molecule has 1 aromatic carbocycles. The molecule has 13 heavy (non-hydrogen) atoms. The number of allylic oxidation sites excluding steroid dienone is 1. The number of benzene rings is 1. The SMILES string of the molecule is C=CC(=O)c1c(Br)ccc(F)c1F. The topological polar surface area (TPSA) is 17.1 Å². The molecule has 0 aromatic heterocycles. The van der Waals surface area contributed by atoms with Crippen LogP contribution in [0.5, 0.6) is 0 Å². The van der Waals surface area contributed by atoms with Gasteiger partial charge in [-0.05, 0) is 34.1 Å². The van der Waals surface area contributed by atoms with Gasteiger partial charge in [0.15, 0.2) is 17.4 Å². The summed E-state index contributed by atoms with van der Waals surface area (Å²) in [6.45, 7) is 3.19. The minimum Gasteiger partial charge on any atom is -0.289 e. The third-order valence-corrected chi connectivity index (χ3v) is 2.14. The summed E-state index contributed by atoms with van der Waals surface area (Å²) in [7, 11) is 0. The van der Waals surface area contributed by atoms with Gasteiger partial charge in [-0.15, -0.1) is 0 Å². The second kappa shape index (κ2) is 3.79. The first-order valence-electron chi connectivity index (χ1n) is 3.38. The maximum atomic E-state index is 13.0. The van der Waals surface area contributed by atoms with Crippen LogP contribution in [0.3, 0.4) is 0 Å². The van der Waals surface area contributed by atoms with Crippen molar-refractivity contribution in [2.45, 2.75) is 0 Å². The molecule has 0 saturated heterocycles. The zero-order chi connectivity index (χ0) is 10.0. The van der Waals surface area contributed by atoms with Gasteiger partial charge in [0.25, 0.3) is 0 Å². The number of rotatable bonds is 2. The lowest BCUT2D eigenvalue weighted by Crippen LogP contribution is -2.02. The van der Waals surface area contributed by atoms with E-state index in [0.717, 1.165) is 12.1 Å². The number of carbonyl (C=O) groups is 1. The van der Waals surface area contributed by atoms with Gasteiger partial charge in [-0.25, -0.2) is 8.78 Å². The molecule has 0 aliphatic rings. The summed E-state index contributed by atoms with van der Waals surface area (Å²) < 4.78 is 25.9. The largest absolute Gasteiger partial charge is 0.289 e. The summed E-state index contributed by atoms with van der Waals surface area (Å²) in [5, 5.41) is 0. The molecule has 1 aromatic rings.